The molecule has 0 amide bonds. The molecule has 0 unspecified atom stereocenters. The molecule has 0 aliphatic carbocycles. The average Bonchev–Trinajstić information content (AvgIpc) is 2.81. The minimum atomic E-state index is 1.19. The number of hydrogen-bond acceptors (Lipinski definition) is 2. The number of benzene rings is 1. The van der Waals surface area contributed by atoms with E-state index in [-0.39, 0.29) is 0 Å². The topological polar surface area (TPSA) is 21.1 Å². The normalized spacial score (nSPS) is 16.1. The van der Waals surface area contributed by atoms with E-state index in [0.29, 0.717) is 0 Å². The SMILES string of the molecule is In1c2ccncc2c2ccc(N3CCCCC3)cc21. The standard InChI is InChI=1S/C16H16IN3/c17-20-15-6-7-18-11-14(15)13-5-4-12(10-16(13)20)19-8-2-1-3-9-19/h4-7,10-11H,1-3,8-9H2. The van der Waals surface area contributed by atoms with Crippen LogP contribution in [0.25, 0.3) is 21.8 Å². The third kappa shape index (κ3) is 1.89. The summed E-state index contributed by atoms with van der Waals surface area (Å²) in [5.74, 6) is 0. The van der Waals surface area contributed by atoms with Crippen LogP contribution in [0, 0.1) is 0 Å². The molecule has 102 valence electrons. The summed E-state index contributed by atoms with van der Waals surface area (Å²) in [5, 5.41) is 2.53. The molecule has 1 aliphatic rings. The van der Waals surface area contributed by atoms with Crippen LogP contribution in [0.1, 0.15) is 19.3 Å². The van der Waals surface area contributed by atoms with E-state index in [9.17, 15) is 0 Å². The summed E-state index contributed by atoms with van der Waals surface area (Å²) < 4.78 is 2.25. The minimum absolute atomic E-state index is 1.19. The Morgan fingerprint density at radius 1 is 0.950 bits per heavy atom. The maximum atomic E-state index is 4.26. The van der Waals surface area contributed by atoms with Crippen LogP contribution in [0.4, 0.5) is 5.69 Å². The number of nitrogens with zero attached hydrogens (tertiary/aromatic N) is 3. The summed E-state index contributed by atoms with van der Waals surface area (Å²) in [4.78, 5) is 6.77. The number of rotatable bonds is 1. The quantitative estimate of drug-likeness (QED) is 0.587. The first-order valence-electron chi connectivity index (χ1n) is 7.14. The first-order valence-corrected chi connectivity index (χ1v) is 8.10. The third-order valence-electron chi connectivity index (χ3n) is 4.21. The van der Waals surface area contributed by atoms with Crippen molar-refractivity contribution in [1.29, 1.82) is 0 Å². The van der Waals surface area contributed by atoms with Gasteiger partial charge in [-0.05, 0) is 37.5 Å². The molecule has 2 aromatic heterocycles. The summed E-state index contributed by atoms with van der Waals surface area (Å²) in [6.45, 7) is 2.38. The fourth-order valence-electron chi connectivity index (χ4n) is 3.15. The highest BCUT2D eigenvalue weighted by Crippen LogP contribution is 2.33. The second kappa shape index (κ2) is 4.91. The van der Waals surface area contributed by atoms with Gasteiger partial charge in [-0.25, -0.2) is 0 Å². The molecule has 1 saturated heterocycles. The predicted molar refractivity (Wildman–Crippen MR) is 92.7 cm³/mol. The molecular formula is C16H16IN3. The second-order valence-electron chi connectivity index (χ2n) is 5.42. The molecule has 3 nitrogen and oxygen atoms in total. The van der Waals surface area contributed by atoms with Crippen molar-refractivity contribution in [2.24, 2.45) is 0 Å². The molecule has 3 heterocycles. The zero-order valence-electron chi connectivity index (χ0n) is 11.2. The molecule has 1 aromatic carbocycles. The molecule has 0 N–H and O–H groups in total. The zero-order chi connectivity index (χ0) is 13.5. The van der Waals surface area contributed by atoms with Crippen LogP contribution < -0.4 is 4.90 Å². The number of aromatic nitrogens is 2. The molecule has 4 rings (SSSR count). The minimum Gasteiger partial charge on any atom is -0.371 e. The van der Waals surface area contributed by atoms with Gasteiger partial charge in [-0.1, -0.05) is 6.07 Å². The van der Waals surface area contributed by atoms with Crippen LogP contribution in [-0.4, -0.2) is 20.9 Å². The third-order valence-corrected chi connectivity index (χ3v) is 5.25. The fourth-order valence-corrected chi connectivity index (χ4v) is 3.97. The molecule has 0 saturated carbocycles. The lowest BCUT2D eigenvalue weighted by Gasteiger charge is -2.28. The highest BCUT2D eigenvalue weighted by molar-refractivity contribution is 14.1. The smallest absolute Gasteiger partial charge is 0.0646 e. The molecule has 1 fully saturated rings. The number of halogens is 1. The maximum Gasteiger partial charge on any atom is 0.0646 e. The molecule has 3 aromatic rings. The van der Waals surface area contributed by atoms with Crippen molar-refractivity contribution in [3.8, 4) is 0 Å². The lowest BCUT2D eigenvalue weighted by molar-refractivity contribution is 0.578. The van der Waals surface area contributed by atoms with Crippen molar-refractivity contribution in [2.75, 3.05) is 18.0 Å². The van der Waals surface area contributed by atoms with Gasteiger partial charge in [0, 0.05) is 41.9 Å². The van der Waals surface area contributed by atoms with E-state index in [2.05, 4.69) is 59.8 Å². The Balaban J connectivity index is 1.90. The van der Waals surface area contributed by atoms with Gasteiger partial charge in [-0.3, -0.25) is 7.76 Å². The van der Waals surface area contributed by atoms with Gasteiger partial charge in [0.15, 0.2) is 0 Å². The lowest BCUT2D eigenvalue weighted by Crippen LogP contribution is -2.29. The Labute approximate surface area is 132 Å². The van der Waals surface area contributed by atoms with E-state index in [0.717, 1.165) is 0 Å². The average molecular weight is 377 g/mol. The first-order chi connectivity index (χ1) is 9.84. The number of piperidine rings is 1. The monoisotopic (exact) mass is 377 g/mol. The number of fused-ring (bicyclic) bond motifs is 3. The van der Waals surface area contributed by atoms with Crippen molar-refractivity contribution in [1.82, 2.24) is 7.76 Å². The van der Waals surface area contributed by atoms with Gasteiger partial charge in [-0.2, -0.15) is 0 Å². The van der Waals surface area contributed by atoms with Crippen molar-refractivity contribution in [3.05, 3.63) is 36.7 Å². The highest BCUT2D eigenvalue weighted by atomic mass is 127. The number of hydrogen-bond donors (Lipinski definition) is 0. The fraction of sp³-hybridized carbons (Fsp3) is 0.312. The Kier molecular flexibility index (Phi) is 3.06. The van der Waals surface area contributed by atoms with Gasteiger partial charge in [0.2, 0.25) is 0 Å². The van der Waals surface area contributed by atoms with Crippen LogP contribution in [-0.2, 0) is 0 Å². The summed E-state index contributed by atoms with van der Waals surface area (Å²) in [6.07, 6.45) is 7.83. The first kappa shape index (κ1) is 12.4. The molecule has 0 spiro atoms. The second-order valence-corrected chi connectivity index (χ2v) is 6.39. The van der Waals surface area contributed by atoms with Crippen LogP contribution in [0.3, 0.4) is 0 Å². The van der Waals surface area contributed by atoms with E-state index in [4.69, 9.17) is 0 Å². The Morgan fingerprint density at radius 2 is 1.80 bits per heavy atom. The van der Waals surface area contributed by atoms with Gasteiger partial charge in [0.25, 0.3) is 0 Å². The van der Waals surface area contributed by atoms with Gasteiger partial charge in [0.05, 0.1) is 33.9 Å². The van der Waals surface area contributed by atoms with Crippen LogP contribution >= 0.6 is 22.9 Å². The predicted octanol–water partition coefficient (Wildman–Crippen LogP) is 4.38. The summed E-state index contributed by atoms with van der Waals surface area (Å²) >= 11 is 2.39. The number of pyridine rings is 1. The van der Waals surface area contributed by atoms with Gasteiger partial charge >= 0.3 is 0 Å². The lowest BCUT2D eigenvalue weighted by atomic mass is 10.1. The van der Waals surface area contributed by atoms with E-state index < -0.39 is 0 Å². The van der Waals surface area contributed by atoms with Crippen LogP contribution in [0.5, 0.6) is 0 Å². The van der Waals surface area contributed by atoms with E-state index in [1.165, 1.54) is 59.8 Å². The molecule has 20 heavy (non-hydrogen) atoms. The Hall–Kier alpha value is -1.30. The molecular weight excluding hydrogens is 361 g/mol. The van der Waals surface area contributed by atoms with E-state index in [1.54, 1.807) is 0 Å². The highest BCUT2D eigenvalue weighted by Gasteiger charge is 2.14. The number of anilines is 1. The summed E-state index contributed by atoms with van der Waals surface area (Å²) in [5.41, 5.74) is 3.88. The van der Waals surface area contributed by atoms with Crippen molar-refractivity contribution >= 4 is 50.4 Å². The van der Waals surface area contributed by atoms with Gasteiger partial charge < -0.3 is 4.90 Å². The zero-order valence-corrected chi connectivity index (χ0v) is 13.4. The van der Waals surface area contributed by atoms with Crippen LogP contribution in [0.15, 0.2) is 36.7 Å². The van der Waals surface area contributed by atoms with Gasteiger partial charge in [0.1, 0.15) is 0 Å². The van der Waals surface area contributed by atoms with Crippen molar-refractivity contribution < 1.29 is 0 Å². The molecule has 0 bridgehead atoms. The van der Waals surface area contributed by atoms with E-state index in [1.807, 2.05) is 12.4 Å². The van der Waals surface area contributed by atoms with Crippen molar-refractivity contribution in [2.45, 2.75) is 19.3 Å². The van der Waals surface area contributed by atoms with Crippen LogP contribution in [0.2, 0.25) is 0 Å². The maximum absolute atomic E-state index is 4.26. The van der Waals surface area contributed by atoms with Gasteiger partial charge in [-0.15, -0.1) is 0 Å². The molecule has 0 radical (unpaired) electrons. The van der Waals surface area contributed by atoms with E-state index >= 15 is 0 Å². The molecule has 4 heteroatoms. The summed E-state index contributed by atoms with van der Waals surface area (Å²) in [6, 6.07) is 8.92. The molecule has 1 aliphatic heterocycles. The van der Waals surface area contributed by atoms with Crippen molar-refractivity contribution in [3.63, 3.8) is 0 Å². The largest absolute Gasteiger partial charge is 0.371 e. The molecule has 0 atom stereocenters. The Morgan fingerprint density at radius 3 is 2.65 bits per heavy atom. The Bertz CT molecular complexity index is 772. The summed E-state index contributed by atoms with van der Waals surface area (Å²) in [7, 11) is 0.